The van der Waals surface area contributed by atoms with Crippen LogP contribution in [0.15, 0.2) is 30.5 Å². The van der Waals surface area contributed by atoms with Gasteiger partial charge in [0.2, 0.25) is 5.91 Å². The maximum atomic E-state index is 11.7. The van der Waals surface area contributed by atoms with E-state index in [0.29, 0.717) is 5.15 Å². The van der Waals surface area contributed by atoms with Crippen LogP contribution in [0.3, 0.4) is 0 Å². The molecule has 5 heteroatoms. The largest absolute Gasteiger partial charge is 0.339 e. The summed E-state index contributed by atoms with van der Waals surface area (Å²) in [6, 6.07) is 5.68. The number of hydrogen-bond donors (Lipinski definition) is 0. The summed E-state index contributed by atoms with van der Waals surface area (Å²) in [5.74, 6) is 0.0307. The predicted molar refractivity (Wildman–Crippen MR) is 70.4 cm³/mol. The first kappa shape index (κ1) is 11.3. The van der Waals surface area contributed by atoms with Crippen LogP contribution in [0.5, 0.6) is 0 Å². The summed E-state index contributed by atoms with van der Waals surface area (Å²) in [4.78, 5) is 17.8. The molecule has 0 radical (unpaired) electrons. The van der Waals surface area contributed by atoms with Crippen molar-refractivity contribution < 1.29 is 4.79 Å². The van der Waals surface area contributed by atoms with Gasteiger partial charge in [0, 0.05) is 25.4 Å². The van der Waals surface area contributed by atoms with E-state index in [4.69, 9.17) is 11.6 Å². The van der Waals surface area contributed by atoms with Crippen LogP contribution in [-0.4, -0.2) is 33.3 Å². The molecule has 1 amide bonds. The fourth-order valence-electron chi connectivity index (χ4n) is 1.93. The Kier molecular flexibility index (Phi) is 2.80. The van der Waals surface area contributed by atoms with E-state index in [2.05, 4.69) is 4.98 Å². The number of fused-ring (bicyclic) bond motifs is 1. The van der Waals surface area contributed by atoms with E-state index in [1.54, 1.807) is 17.1 Å². The Hall–Kier alpha value is -1.81. The van der Waals surface area contributed by atoms with Crippen LogP contribution in [0.4, 0.5) is 0 Å². The zero-order chi connectivity index (χ0) is 12.5. The van der Waals surface area contributed by atoms with Gasteiger partial charge in [0.05, 0.1) is 5.69 Å². The van der Waals surface area contributed by atoms with Gasteiger partial charge < -0.3 is 4.90 Å². The first-order chi connectivity index (χ1) is 8.75. The molecule has 3 rings (SSSR count). The Morgan fingerprint density at radius 3 is 2.94 bits per heavy atom. The van der Waals surface area contributed by atoms with Gasteiger partial charge in [-0.05, 0) is 24.6 Å². The molecule has 0 aromatic carbocycles. The number of nitrogens with zero attached hydrogens (tertiary/aromatic N) is 3. The highest BCUT2D eigenvalue weighted by molar-refractivity contribution is 6.31. The lowest BCUT2D eigenvalue weighted by Gasteiger charge is -2.29. The summed E-state index contributed by atoms with van der Waals surface area (Å²) in [5.41, 5.74) is 1.51. The summed E-state index contributed by atoms with van der Waals surface area (Å²) in [6.07, 6.45) is 6.25. The molecule has 0 unspecified atom stereocenters. The monoisotopic (exact) mass is 261 g/mol. The fraction of sp³-hybridized carbons (Fsp3) is 0.231. The van der Waals surface area contributed by atoms with E-state index in [9.17, 15) is 4.79 Å². The van der Waals surface area contributed by atoms with Crippen molar-refractivity contribution in [3.05, 3.63) is 41.3 Å². The molecule has 92 valence electrons. The molecule has 0 atom stereocenters. The van der Waals surface area contributed by atoms with Crippen molar-refractivity contribution in [3.8, 4) is 0 Å². The standard InChI is InChI=1S/C13H12ClN3O/c14-13-10(5-6-12(18)16-7-3-8-16)17-9-2-1-4-11(17)15-13/h1-2,4-6,9H,3,7-8H2/b6-5+. The van der Waals surface area contributed by atoms with Crippen molar-refractivity contribution in [2.75, 3.05) is 13.1 Å². The molecule has 1 saturated heterocycles. The maximum absolute atomic E-state index is 11.7. The van der Waals surface area contributed by atoms with Crippen LogP contribution < -0.4 is 0 Å². The minimum absolute atomic E-state index is 0.0307. The lowest BCUT2D eigenvalue weighted by Crippen LogP contribution is -2.40. The Labute approximate surface area is 109 Å². The summed E-state index contributed by atoms with van der Waals surface area (Å²) in [5, 5.41) is 0.411. The number of amides is 1. The van der Waals surface area contributed by atoms with Crippen molar-refractivity contribution in [3.63, 3.8) is 0 Å². The molecular formula is C13H12ClN3O. The highest BCUT2D eigenvalue weighted by atomic mass is 35.5. The van der Waals surface area contributed by atoms with Crippen LogP contribution in [0, 0.1) is 0 Å². The minimum Gasteiger partial charge on any atom is -0.339 e. The summed E-state index contributed by atoms with van der Waals surface area (Å²) >= 11 is 6.07. The van der Waals surface area contributed by atoms with Gasteiger partial charge in [-0.25, -0.2) is 4.98 Å². The van der Waals surface area contributed by atoms with Gasteiger partial charge in [-0.2, -0.15) is 0 Å². The van der Waals surface area contributed by atoms with Crippen LogP contribution in [0.1, 0.15) is 12.1 Å². The summed E-state index contributed by atoms with van der Waals surface area (Å²) < 4.78 is 1.86. The van der Waals surface area contributed by atoms with Crippen LogP contribution in [0.25, 0.3) is 11.7 Å². The van der Waals surface area contributed by atoms with Gasteiger partial charge in [0.1, 0.15) is 5.65 Å². The molecule has 2 aromatic heterocycles. The molecule has 1 aliphatic heterocycles. The van der Waals surface area contributed by atoms with Crippen molar-refractivity contribution >= 4 is 29.2 Å². The molecule has 1 aliphatic rings. The second-order valence-electron chi connectivity index (χ2n) is 4.23. The number of aromatic nitrogens is 2. The van der Waals surface area contributed by atoms with Gasteiger partial charge in [0.15, 0.2) is 5.15 Å². The number of carbonyl (C=O) groups excluding carboxylic acids is 1. The number of rotatable bonds is 2. The molecule has 0 bridgehead atoms. The third kappa shape index (κ3) is 1.88. The number of carbonyl (C=O) groups is 1. The van der Waals surface area contributed by atoms with Crippen molar-refractivity contribution in [1.29, 1.82) is 0 Å². The van der Waals surface area contributed by atoms with Gasteiger partial charge in [-0.1, -0.05) is 17.7 Å². The normalized spacial score (nSPS) is 15.3. The Morgan fingerprint density at radius 2 is 2.22 bits per heavy atom. The minimum atomic E-state index is 0.0307. The zero-order valence-corrected chi connectivity index (χ0v) is 10.5. The molecule has 0 aliphatic carbocycles. The van der Waals surface area contributed by atoms with E-state index in [1.807, 2.05) is 28.8 Å². The fourth-order valence-corrected chi connectivity index (χ4v) is 2.17. The number of halogens is 1. The van der Waals surface area contributed by atoms with Gasteiger partial charge >= 0.3 is 0 Å². The average Bonchev–Trinajstić information content (AvgIpc) is 2.60. The molecule has 0 saturated carbocycles. The Balaban J connectivity index is 1.91. The lowest BCUT2D eigenvalue weighted by molar-refractivity contribution is -0.129. The van der Waals surface area contributed by atoms with Crippen LogP contribution >= 0.6 is 11.6 Å². The highest BCUT2D eigenvalue weighted by Gasteiger charge is 2.17. The van der Waals surface area contributed by atoms with E-state index in [0.717, 1.165) is 30.9 Å². The zero-order valence-electron chi connectivity index (χ0n) is 9.71. The lowest BCUT2D eigenvalue weighted by atomic mass is 10.2. The third-order valence-electron chi connectivity index (χ3n) is 3.07. The molecule has 4 nitrogen and oxygen atoms in total. The van der Waals surface area contributed by atoms with E-state index in [-0.39, 0.29) is 5.91 Å². The quantitative estimate of drug-likeness (QED) is 0.778. The molecule has 18 heavy (non-hydrogen) atoms. The SMILES string of the molecule is O=C(/C=C/c1c(Cl)nc2ccccn12)N1CCC1. The average molecular weight is 262 g/mol. The van der Waals surface area contributed by atoms with E-state index >= 15 is 0 Å². The third-order valence-corrected chi connectivity index (χ3v) is 3.35. The maximum Gasteiger partial charge on any atom is 0.246 e. The summed E-state index contributed by atoms with van der Waals surface area (Å²) in [6.45, 7) is 1.70. The van der Waals surface area contributed by atoms with Crippen LogP contribution in [0.2, 0.25) is 5.15 Å². The first-order valence-electron chi connectivity index (χ1n) is 5.85. The van der Waals surface area contributed by atoms with Crippen molar-refractivity contribution in [2.24, 2.45) is 0 Å². The second-order valence-corrected chi connectivity index (χ2v) is 4.59. The van der Waals surface area contributed by atoms with Crippen molar-refractivity contribution in [1.82, 2.24) is 14.3 Å². The number of pyridine rings is 1. The molecule has 3 heterocycles. The second kappa shape index (κ2) is 4.46. The smallest absolute Gasteiger partial charge is 0.246 e. The number of hydrogen-bond acceptors (Lipinski definition) is 2. The Morgan fingerprint density at radius 1 is 1.39 bits per heavy atom. The van der Waals surface area contributed by atoms with E-state index in [1.165, 1.54) is 0 Å². The predicted octanol–water partition coefficient (Wildman–Crippen LogP) is 2.23. The Bertz CT molecular complexity index is 628. The number of imidazole rings is 1. The molecular weight excluding hydrogens is 250 g/mol. The summed E-state index contributed by atoms with van der Waals surface area (Å²) in [7, 11) is 0. The van der Waals surface area contributed by atoms with E-state index < -0.39 is 0 Å². The molecule has 1 fully saturated rings. The highest BCUT2D eigenvalue weighted by Crippen LogP contribution is 2.19. The number of likely N-dealkylation sites (tertiary alicyclic amines) is 1. The topological polar surface area (TPSA) is 37.6 Å². The molecule has 2 aromatic rings. The molecule has 0 spiro atoms. The van der Waals surface area contributed by atoms with Crippen LogP contribution in [-0.2, 0) is 4.79 Å². The van der Waals surface area contributed by atoms with Gasteiger partial charge in [-0.15, -0.1) is 0 Å². The van der Waals surface area contributed by atoms with Gasteiger partial charge in [0.25, 0.3) is 0 Å². The van der Waals surface area contributed by atoms with Gasteiger partial charge in [-0.3, -0.25) is 9.20 Å². The molecule has 0 N–H and O–H groups in total. The van der Waals surface area contributed by atoms with Crippen molar-refractivity contribution in [2.45, 2.75) is 6.42 Å². The first-order valence-corrected chi connectivity index (χ1v) is 6.23.